The molecule has 9 heteroatoms. The molecular weight excluding hydrogens is 406 g/mol. The third-order valence-corrected chi connectivity index (χ3v) is 4.46. The van der Waals surface area contributed by atoms with Crippen molar-refractivity contribution in [2.24, 2.45) is 5.10 Å². The Morgan fingerprint density at radius 1 is 1.36 bits per heavy atom. The normalized spacial score (nSPS) is 11.1. The smallest absolute Gasteiger partial charge is 0.240 e. The first-order valence-electron chi connectivity index (χ1n) is 7.29. The molecule has 0 aliphatic heterocycles. The Bertz CT molecular complexity index is 888. The van der Waals surface area contributed by atoms with Gasteiger partial charge in [-0.15, -0.1) is 5.10 Å². The van der Waals surface area contributed by atoms with Crippen LogP contribution in [0.25, 0.3) is 0 Å². The number of ketones is 1. The van der Waals surface area contributed by atoms with E-state index in [0.717, 1.165) is 10.2 Å². The van der Waals surface area contributed by atoms with E-state index >= 15 is 0 Å². The van der Waals surface area contributed by atoms with Gasteiger partial charge in [-0.25, -0.2) is 10.5 Å². The van der Waals surface area contributed by atoms with Crippen LogP contribution in [0.3, 0.4) is 0 Å². The first-order valence-corrected chi connectivity index (χ1v) is 9.07. The zero-order chi connectivity index (χ0) is 17.6. The lowest BCUT2D eigenvalue weighted by Gasteiger charge is -1.99. The summed E-state index contributed by atoms with van der Waals surface area (Å²) in [6.07, 6.45) is 1.54. The Balaban J connectivity index is 1.50. The molecule has 0 unspecified atom stereocenters. The van der Waals surface area contributed by atoms with Crippen LogP contribution >= 0.6 is 27.7 Å². The lowest BCUT2D eigenvalue weighted by molar-refractivity contribution is 0.102. The van der Waals surface area contributed by atoms with Gasteiger partial charge in [-0.2, -0.15) is 10.1 Å². The van der Waals surface area contributed by atoms with Crippen LogP contribution in [0.2, 0.25) is 0 Å². The minimum Gasteiger partial charge on any atom is -0.460 e. The molecular formula is C16H14BrN5O2S. The average Bonchev–Trinajstić information content (AvgIpc) is 3.22. The second kappa shape index (κ2) is 8.13. The van der Waals surface area contributed by atoms with Crippen molar-refractivity contribution in [3.63, 3.8) is 0 Å². The summed E-state index contributed by atoms with van der Waals surface area (Å²) in [5.41, 5.74) is 3.38. The zero-order valence-corrected chi connectivity index (χ0v) is 15.6. The largest absolute Gasteiger partial charge is 0.460 e. The van der Waals surface area contributed by atoms with Crippen molar-refractivity contribution >= 4 is 45.6 Å². The molecule has 2 aromatic heterocycles. The number of Topliss-reactive ketones (excluding diaryl/α,β-unsaturated/α-hetero) is 1. The summed E-state index contributed by atoms with van der Waals surface area (Å²) in [5.74, 6) is 2.11. The number of benzene rings is 1. The molecule has 0 aliphatic carbocycles. The van der Waals surface area contributed by atoms with E-state index in [4.69, 9.17) is 4.42 Å². The van der Waals surface area contributed by atoms with Crippen molar-refractivity contribution in [1.82, 2.24) is 15.2 Å². The fraction of sp³-hybridized carbons (Fsp3) is 0.125. The molecule has 0 saturated heterocycles. The maximum absolute atomic E-state index is 12.1. The lowest BCUT2D eigenvalue weighted by atomic mass is 10.2. The van der Waals surface area contributed by atoms with Crippen molar-refractivity contribution in [3.8, 4) is 0 Å². The Hall–Kier alpha value is -2.39. The second-order valence-electron chi connectivity index (χ2n) is 5.00. The van der Waals surface area contributed by atoms with Gasteiger partial charge in [-0.1, -0.05) is 39.8 Å². The molecule has 0 radical (unpaired) electrons. The number of aromatic nitrogens is 3. The number of nitrogens with one attached hydrogen (secondary N) is 2. The molecule has 7 nitrogen and oxygen atoms in total. The Kier molecular flexibility index (Phi) is 5.67. The fourth-order valence-electron chi connectivity index (χ4n) is 1.89. The van der Waals surface area contributed by atoms with E-state index in [1.807, 2.05) is 31.2 Å². The van der Waals surface area contributed by atoms with E-state index in [9.17, 15) is 4.79 Å². The Morgan fingerprint density at radius 2 is 2.16 bits per heavy atom. The standard InChI is InChI=1S/C16H14BrN5O2S/c1-10-2-7-13(24-10)8-18-20-15-19-16(22-21-15)25-9-14(23)11-3-5-12(17)6-4-11/h2-8H,9H2,1H3,(H2,19,20,21,22)/b18-8-. The summed E-state index contributed by atoms with van der Waals surface area (Å²) in [4.78, 5) is 16.3. The molecule has 25 heavy (non-hydrogen) atoms. The first-order chi connectivity index (χ1) is 12.1. The molecule has 0 amide bonds. The van der Waals surface area contributed by atoms with Crippen LogP contribution in [-0.4, -0.2) is 32.9 Å². The van der Waals surface area contributed by atoms with E-state index in [2.05, 4.69) is 41.6 Å². The molecule has 1 aromatic carbocycles. The molecule has 3 rings (SSSR count). The minimum atomic E-state index is 0.0167. The maximum atomic E-state index is 12.1. The topological polar surface area (TPSA) is 96.2 Å². The molecule has 0 saturated carbocycles. The highest BCUT2D eigenvalue weighted by atomic mass is 79.9. The SMILES string of the molecule is Cc1ccc(/C=N\Nc2nc(SCC(=O)c3ccc(Br)cc3)n[nH]2)o1. The number of carbonyl (C=O) groups excluding carboxylic acids is 1. The zero-order valence-electron chi connectivity index (χ0n) is 13.2. The summed E-state index contributed by atoms with van der Waals surface area (Å²) >= 11 is 4.60. The number of thioether (sulfide) groups is 1. The monoisotopic (exact) mass is 419 g/mol. The summed E-state index contributed by atoms with van der Waals surface area (Å²) in [6, 6.07) is 10.9. The maximum Gasteiger partial charge on any atom is 0.240 e. The summed E-state index contributed by atoms with van der Waals surface area (Å²) in [7, 11) is 0. The number of anilines is 1. The highest BCUT2D eigenvalue weighted by Gasteiger charge is 2.09. The van der Waals surface area contributed by atoms with Crippen molar-refractivity contribution in [1.29, 1.82) is 0 Å². The number of rotatable bonds is 7. The van der Waals surface area contributed by atoms with Gasteiger partial charge in [0.2, 0.25) is 11.1 Å². The van der Waals surface area contributed by atoms with E-state index in [1.165, 1.54) is 11.8 Å². The Labute approximate surface area is 156 Å². The number of halogens is 1. The van der Waals surface area contributed by atoms with Crippen LogP contribution in [0.4, 0.5) is 5.95 Å². The number of nitrogens with zero attached hydrogens (tertiary/aromatic N) is 3. The number of furan rings is 1. The average molecular weight is 420 g/mol. The summed E-state index contributed by atoms with van der Waals surface area (Å²) in [6.45, 7) is 1.86. The van der Waals surface area contributed by atoms with Crippen LogP contribution in [0.1, 0.15) is 21.9 Å². The first kappa shape index (κ1) is 17.4. The van der Waals surface area contributed by atoms with Crippen LogP contribution in [-0.2, 0) is 0 Å². The van der Waals surface area contributed by atoms with Crippen LogP contribution in [0.5, 0.6) is 0 Å². The number of hydrogen-bond acceptors (Lipinski definition) is 7. The molecule has 0 fully saturated rings. The molecule has 0 atom stereocenters. The van der Waals surface area contributed by atoms with E-state index in [1.54, 1.807) is 18.3 Å². The van der Waals surface area contributed by atoms with Gasteiger partial charge in [-0.05, 0) is 31.2 Å². The molecule has 0 aliphatic rings. The number of H-pyrrole nitrogens is 1. The van der Waals surface area contributed by atoms with E-state index < -0.39 is 0 Å². The highest BCUT2D eigenvalue weighted by Crippen LogP contribution is 2.17. The molecule has 0 bridgehead atoms. The van der Waals surface area contributed by atoms with Crippen molar-refractivity contribution < 1.29 is 9.21 Å². The number of hydrogen-bond donors (Lipinski definition) is 2. The Morgan fingerprint density at radius 3 is 2.88 bits per heavy atom. The number of carbonyl (C=O) groups is 1. The number of aryl methyl sites for hydroxylation is 1. The van der Waals surface area contributed by atoms with Gasteiger partial charge in [0.05, 0.1) is 12.0 Å². The van der Waals surface area contributed by atoms with Crippen LogP contribution in [0.15, 0.2) is 55.5 Å². The van der Waals surface area contributed by atoms with Crippen molar-refractivity contribution in [3.05, 3.63) is 58.0 Å². The number of hydrazone groups is 1. The van der Waals surface area contributed by atoms with Crippen molar-refractivity contribution in [2.45, 2.75) is 12.1 Å². The quantitative estimate of drug-likeness (QED) is 0.261. The predicted octanol–water partition coefficient (Wildman–Crippen LogP) is 3.89. The third-order valence-electron chi connectivity index (χ3n) is 3.09. The van der Waals surface area contributed by atoms with Crippen molar-refractivity contribution in [2.75, 3.05) is 11.2 Å². The molecule has 2 heterocycles. The molecule has 0 spiro atoms. The molecule has 128 valence electrons. The lowest BCUT2D eigenvalue weighted by Crippen LogP contribution is -2.02. The van der Waals surface area contributed by atoms with Gasteiger partial charge in [0.25, 0.3) is 0 Å². The molecule has 3 aromatic rings. The number of aromatic amines is 1. The minimum absolute atomic E-state index is 0.0167. The second-order valence-corrected chi connectivity index (χ2v) is 6.86. The van der Waals surface area contributed by atoms with Gasteiger partial charge < -0.3 is 4.42 Å². The summed E-state index contributed by atoms with van der Waals surface area (Å²) < 4.78 is 6.30. The van der Waals surface area contributed by atoms with Gasteiger partial charge >= 0.3 is 0 Å². The summed E-state index contributed by atoms with van der Waals surface area (Å²) in [5, 5.41) is 11.2. The fourth-order valence-corrected chi connectivity index (χ4v) is 2.85. The molecule has 2 N–H and O–H groups in total. The van der Waals surface area contributed by atoms with Crippen LogP contribution < -0.4 is 5.43 Å². The van der Waals surface area contributed by atoms with E-state index in [-0.39, 0.29) is 11.5 Å². The van der Waals surface area contributed by atoms with E-state index in [0.29, 0.717) is 22.4 Å². The van der Waals surface area contributed by atoms with Gasteiger partial charge in [0.15, 0.2) is 5.78 Å². The van der Waals surface area contributed by atoms with Gasteiger partial charge in [0, 0.05) is 10.0 Å². The highest BCUT2D eigenvalue weighted by molar-refractivity contribution is 9.10. The third kappa shape index (κ3) is 5.04. The van der Waals surface area contributed by atoms with Gasteiger partial charge in [-0.3, -0.25) is 4.79 Å². The van der Waals surface area contributed by atoms with Gasteiger partial charge in [0.1, 0.15) is 11.5 Å². The predicted molar refractivity (Wildman–Crippen MR) is 100 cm³/mol. The van der Waals surface area contributed by atoms with Crippen LogP contribution in [0, 0.1) is 6.92 Å².